The lowest BCUT2D eigenvalue weighted by Gasteiger charge is -2.22. The van der Waals surface area contributed by atoms with E-state index < -0.39 is 29.6 Å². The molecule has 0 spiro atoms. The summed E-state index contributed by atoms with van der Waals surface area (Å²) in [6.07, 6.45) is 1.33. The van der Waals surface area contributed by atoms with Crippen LogP contribution in [-0.4, -0.2) is 31.9 Å². The molecule has 0 aliphatic carbocycles. The number of carbonyl (C=O) groups excluding carboxylic acids is 3. The van der Waals surface area contributed by atoms with Crippen LogP contribution < -0.4 is 0 Å². The molecular formula is C17H15ClO6. The molecule has 2 rings (SSSR count). The smallest absolute Gasteiger partial charge is 0.321 e. The number of rotatable bonds is 6. The van der Waals surface area contributed by atoms with E-state index in [0.29, 0.717) is 10.6 Å². The summed E-state index contributed by atoms with van der Waals surface area (Å²) in [6, 6.07) is 9.32. The van der Waals surface area contributed by atoms with E-state index in [1.54, 1.807) is 18.2 Å². The number of furan rings is 1. The summed E-state index contributed by atoms with van der Waals surface area (Å²) in [5.74, 6) is -4.97. The predicted molar refractivity (Wildman–Crippen MR) is 84.8 cm³/mol. The van der Waals surface area contributed by atoms with Gasteiger partial charge in [-0.15, -0.1) is 0 Å². The number of esters is 2. The van der Waals surface area contributed by atoms with Gasteiger partial charge in [-0.3, -0.25) is 14.4 Å². The average Bonchev–Trinajstić information content (AvgIpc) is 3.12. The van der Waals surface area contributed by atoms with E-state index in [1.807, 2.05) is 0 Å². The molecule has 1 aromatic heterocycles. The van der Waals surface area contributed by atoms with Crippen molar-refractivity contribution in [1.29, 1.82) is 0 Å². The lowest BCUT2D eigenvalue weighted by molar-refractivity contribution is -0.159. The Hall–Kier alpha value is -2.60. The van der Waals surface area contributed by atoms with Gasteiger partial charge in [0.05, 0.1) is 26.4 Å². The van der Waals surface area contributed by atoms with E-state index in [0.717, 1.165) is 14.2 Å². The number of Topliss-reactive ketones (excluding diaryl/α,β-unsaturated/α-hetero) is 1. The van der Waals surface area contributed by atoms with Crippen LogP contribution in [0, 0.1) is 5.92 Å². The van der Waals surface area contributed by atoms with E-state index in [9.17, 15) is 14.4 Å². The van der Waals surface area contributed by atoms with Crippen LogP contribution in [0.15, 0.2) is 47.1 Å². The van der Waals surface area contributed by atoms with Crippen LogP contribution in [0.5, 0.6) is 0 Å². The summed E-state index contributed by atoms with van der Waals surface area (Å²) in [5, 5.41) is 0.359. The van der Waals surface area contributed by atoms with Gasteiger partial charge in [-0.1, -0.05) is 23.7 Å². The zero-order valence-electron chi connectivity index (χ0n) is 13.0. The number of methoxy groups -OCH3 is 2. The van der Waals surface area contributed by atoms with Crippen molar-refractivity contribution in [3.05, 3.63) is 59.0 Å². The topological polar surface area (TPSA) is 82.8 Å². The highest BCUT2D eigenvalue weighted by atomic mass is 35.5. The maximum absolute atomic E-state index is 12.8. The van der Waals surface area contributed by atoms with Gasteiger partial charge in [-0.25, -0.2) is 0 Å². The Bertz CT molecular complexity index is 721. The van der Waals surface area contributed by atoms with Gasteiger partial charge in [-0.05, 0) is 29.8 Å². The second-order valence-electron chi connectivity index (χ2n) is 4.90. The normalized spacial score (nSPS) is 11.8. The summed E-state index contributed by atoms with van der Waals surface area (Å²) in [4.78, 5) is 37.1. The molecule has 24 heavy (non-hydrogen) atoms. The molecule has 1 atom stereocenters. The van der Waals surface area contributed by atoms with Crippen molar-refractivity contribution < 1.29 is 28.3 Å². The van der Waals surface area contributed by atoms with Crippen molar-refractivity contribution in [2.45, 2.75) is 5.92 Å². The number of benzene rings is 1. The molecule has 0 saturated heterocycles. The van der Waals surface area contributed by atoms with Crippen LogP contribution in [-0.2, 0) is 19.1 Å². The van der Waals surface area contributed by atoms with Gasteiger partial charge in [-0.2, -0.15) is 0 Å². The van der Waals surface area contributed by atoms with Gasteiger partial charge in [0.15, 0.2) is 11.7 Å². The molecule has 0 aliphatic rings. The third kappa shape index (κ3) is 3.65. The largest absolute Gasteiger partial charge is 0.468 e. The molecule has 1 aromatic carbocycles. The highest BCUT2D eigenvalue weighted by molar-refractivity contribution is 6.30. The Kier molecular flexibility index (Phi) is 5.76. The Morgan fingerprint density at radius 3 is 2.21 bits per heavy atom. The Morgan fingerprint density at radius 1 is 1.04 bits per heavy atom. The van der Waals surface area contributed by atoms with Crippen molar-refractivity contribution in [2.24, 2.45) is 5.92 Å². The minimum Gasteiger partial charge on any atom is -0.468 e. The van der Waals surface area contributed by atoms with Crippen molar-refractivity contribution in [3.63, 3.8) is 0 Å². The molecule has 0 fully saturated rings. The van der Waals surface area contributed by atoms with E-state index in [4.69, 9.17) is 16.0 Å². The highest BCUT2D eigenvalue weighted by Gasteiger charge is 2.43. The number of hydrogen-bond acceptors (Lipinski definition) is 6. The molecule has 0 N–H and O–H groups in total. The number of ketones is 1. The van der Waals surface area contributed by atoms with Crippen LogP contribution >= 0.6 is 11.6 Å². The second-order valence-corrected chi connectivity index (χ2v) is 5.33. The molecule has 0 saturated carbocycles. The third-order valence-electron chi connectivity index (χ3n) is 3.50. The molecule has 2 aromatic rings. The van der Waals surface area contributed by atoms with Gasteiger partial charge in [0.1, 0.15) is 0 Å². The monoisotopic (exact) mass is 350 g/mol. The standard InChI is InChI=1S/C17H15ClO6/c1-22-16(20)14(17(21)23-2)13(10-5-3-6-11(18)9-10)15(19)12-7-4-8-24-12/h3-9,13-14H,1-2H3/t13-/m0/s1. The van der Waals surface area contributed by atoms with Crippen molar-refractivity contribution >= 4 is 29.3 Å². The Balaban J connectivity index is 2.58. The van der Waals surface area contributed by atoms with Crippen LogP contribution in [0.2, 0.25) is 5.02 Å². The Labute approximate surface area is 143 Å². The molecule has 0 unspecified atom stereocenters. The quantitative estimate of drug-likeness (QED) is 0.452. The lowest BCUT2D eigenvalue weighted by Crippen LogP contribution is -2.36. The molecule has 0 radical (unpaired) electrons. The second kappa shape index (κ2) is 7.79. The van der Waals surface area contributed by atoms with Gasteiger partial charge in [0.2, 0.25) is 5.78 Å². The number of carbonyl (C=O) groups is 3. The molecule has 7 heteroatoms. The van der Waals surface area contributed by atoms with Crippen LogP contribution in [0.4, 0.5) is 0 Å². The maximum Gasteiger partial charge on any atom is 0.321 e. The zero-order valence-corrected chi connectivity index (χ0v) is 13.8. The summed E-state index contributed by atoms with van der Waals surface area (Å²) in [7, 11) is 2.26. The fourth-order valence-corrected chi connectivity index (χ4v) is 2.59. The summed E-state index contributed by atoms with van der Waals surface area (Å²) < 4.78 is 14.5. The van der Waals surface area contributed by atoms with Crippen LogP contribution in [0.25, 0.3) is 0 Å². The van der Waals surface area contributed by atoms with Crippen LogP contribution in [0.3, 0.4) is 0 Å². The maximum atomic E-state index is 12.8. The van der Waals surface area contributed by atoms with Crippen molar-refractivity contribution in [1.82, 2.24) is 0 Å². The first-order valence-corrected chi connectivity index (χ1v) is 7.36. The SMILES string of the molecule is COC(=O)C(C(=O)OC)[C@@H](C(=O)c1ccco1)c1cccc(Cl)c1. The molecule has 1 heterocycles. The van der Waals surface area contributed by atoms with Crippen LogP contribution in [0.1, 0.15) is 22.0 Å². The Morgan fingerprint density at radius 2 is 1.71 bits per heavy atom. The predicted octanol–water partition coefficient (Wildman–Crippen LogP) is 2.86. The van der Waals surface area contributed by atoms with E-state index in [-0.39, 0.29) is 5.76 Å². The summed E-state index contributed by atoms with van der Waals surface area (Å²) in [6.45, 7) is 0. The lowest BCUT2D eigenvalue weighted by atomic mass is 9.81. The summed E-state index contributed by atoms with van der Waals surface area (Å²) >= 11 is 5.98. The molecular weight excluding hydrogens is 336 g/mol. The first kappa shape index (κ1) is 17.7. The van der Waals surface area contributed by atoms with E-state index >= 15 is 0 Å². The molecule has 6 nitrogen and oxygen atoms in total. The van der Waals surface area contributed by atoms with Gasteiger partial charge in [0, 0.05) is 5.02 Å². The van der Waals surface area contributed by atoms with E-state index in [2.05, 4.69) is 9.47 Å². The van der Waals surface area contributed by atoms with Gasteiger partial charge in [0.25, 0.3) is 0 Å². The minimum absolute atomic E-state index is 0.0118. The zero-order chi connectivity index (χ0) is 17.7. The molecule has 0 amide bonds. The van der Waals surface area contributed by atoms with Gasteiger partial charge >= 0.3 is 11.9 Å². The third-order valence-corrected chi connectivity index (χ3v) is 3.73. The minimum atomic E-state index is -1.48. The highest BCUT2D eigenvalue weighted by Crippen LogP contribution is 2.32. The van der Waals surface area contributed by atoms with Crippen molar-refractivity contribution in [3.8, 4) is 0 Å². The molecule has 126 valence electrons. The summed E-state index contributed by atoms with van der Waals surface area (Å²) in [5.41, 5.74) is 0.379. The van der Waals surface area contributed by atoms with Crippen molar-refractivity contribution in [2.75, 3.05) is 14.2 Å². The van der Waals surface area contributed by atoms with E-state index in [1.165, 1.54) is 24.5 Å². The molecule has 0 bridgehead atoms. The first-order chi connectivity index (χ1) is 11.5. The number of halogens is 1. The fourth-order valence-electron chi connectivity index (χ4n) is 2.39. The molecule has 0 aliphatic heterocycles. The first-order valence-electron chi connectivity index (χ1n) is 6.98. The van der Waals surface area contributed by atoms with Gasteiger partial charge < -0.3 is 13.9 Å². The fraction of sp³-hybridized carbons (Fsp3) is 0.235. The average molecular weight is 351 g/mol. The number of ether oxygens (including phenoxy) is 2. The number of hydrogen-bond donors (Lipinski definition) is 0.